The van der Waals surface area contributed by atoms with Crippen LogP contribution < -0.4 is 5.32 Å². The van der Waals surface area contributed by atoms with E-state index in [2.05, 4.69) is 11.9 Å². The average molecular weight is 299 g/mol. The third kappa shape index (κ3) is 7.22. The van der Waals surface area contributed by atoms with Crippen molar-refractivity contribution in [2.24, 2.45) is 0 Å². The van der Waals surface area contributed by atoms with E-state index < -0.39 is 0 Å². The number of rotatable bonds is 9. The minimum absolute atomic E-state index is 0.0122. The maximum absolute atomic E-state index is 11.9. The van der Waals surface area contributed by atoms with Crippen LogP contribution in [0.4, 0.5) is 0 Å². The Bertz CT molecular complexity index is 341. The standard InChI is InChI=1S/C14H25N3O4/c1-3-4-15-13(18)11-16-5-7-17(8-6-16)14(19)12-21-10-9-20-2/h3H,1,4-12H2,2H3,(H,15,18). The largest absolute Gasteiger partial charge is 0.382 e. The second-order valence-corrected chi connectivity index (χ2v) is 4.80. The molecule has 0 aromatic rings. The van der Waals surface area contributed by atoms with Gasteiger partial charge in [0, 0.05) is 39.8 Å². The van der Waals surface area contributed by atoms with Gasteiger partial charge in [0.15, 0.2) is 0 Å². The smallest absolute Gasteiger partial charge is 0.248 e. The maximum Gasteiger partial charge on any atom is 0.248 e. The molecule has 0 bridgehead atoms. The van der Waals surface area contributed by atoms with Crippen molar-refractivity contribution >= 4 is 11.8 Å². The van der Waals surface area contributed by atoms with E-state index in [1.807, 2.05) is 4.90 Å². The minimum atomic E-state index is -0.0161. The summed E-state index contributed by atoms with van der Waals surface area (Å²) in [6.07, 6.45) is 1.65. The van der Waals surface area contributed by atoms with Gasteiger partial charge < -0.3 is 19.7 Å². The summed E-state index contributed by atoms with van der Waals surface area (Å²) in [6.45, 7) is 8.04. The molecule has 0 aliphatic carbocycles. The van der Waals surface area contributed by atoms with Gasteiger partial charge in [-0.1, -0.05) is 6.08 Å². The molecule has 120 valence electrons. The summed E-state index contributed by atoms with van der Waals surface area (Å²) in [6, 6.07) is 0. The Labute approximate surface area is 125 Å². The number of ether oxygens (including phenoxy) is 2. The number of hydrogen-bond donors (Lipinski definition) is 1. The number of carbonyl (C=O) groups is 2. The van der Waals surface area contributed by atoms with Crippen molar-refractivity contribution in [3.8, 4) is 0 Å². The summed E-state index contributed by atoms with van der Waals surface area (Å²) in [5, 5.41) is 2.74. The fourth-order valence-corrected chi connectivity index (χ4v) is 1.99. The highest BCUT2D eigenvalue weighted by molar-refractivity contribution is 5.78. The summed E-state index contributed by atoms with van der Waals surface area (Å²) in [5.74, 6) is -0.0283. The fourth-order valence-electron chi connectivity index (χ4n) is 1.99. The molecule has 0 saturated carbocycles. The van der Waals surface area contributed by atoms with Gasteiger partial charge in [0.2, 0.25) is 11.8 Å². The monoisotopic (exact) mass is 299 g/mol. The van der Waals surface area contributed by atoms with Crippen LogP contribution in [0.3, 0.4) is 0 Å². The van der Waals surface area contributed by atoms with Crippen molar-refractivity contribution in [3.63, 3.8) is 0 Å². The lowest BCUT2D eigenvalue weighted by Gasteiger charge is -2.34. The van der Waals surface area contributed by atoms with Crippen molar-refractivity contribution in [2.45, 2.75) is 0 Å². The number of nitrogens with zero attached hydrogens (tertiary/aromatic N) is 2. The van der Waals surface area contributed by atoms with Crippen LogP contribution in [0.15, 0.2) is 12.7 Å². The molecule has 0 radical (unpaired) electrons. The maximum atomic E-state index is 11.9. The van der Waals surface area contributed by atoms with Crippen LogP contribution in [-0.4, -0.2) is 87.8 Å². The van der Waals surface area contributed by atoms with E-state index in [1.165, 1.54) is 0 Å². The first kappa shape index (κ1) is 17.6. The average Bonchev–Trinajstić information content (AvgIpc) is 2.50. The lowest BCUT2D eigenvalue weighted by atomic mass is 10.3. The molecule has 1 aliphatic heterocycles. The molecule has 21 heavy (non-hydrogen) atoms. The highest BCUT2D eigenvalue weighted by Crippen LogP contribution is 2.02. The molecule has 1 rings (SSSR count). The lowest BCUT2D eigenvalue weighted by Crippen LogP contribution is -2.51. The molecule has 0 aromatic heterocycles. The van der Waals surface area contributed by atoms with E-state index in [1.54, 1.807) is 18.1 Å². The predicted molar refractivity (Wildman–Crippen MR) is 78.9 cm³/mol. The van der Waals surface area contributed by atoms with Gasteiger partial charge in [-0.3, -0.25) is 14.5 Å². The molecule has 0 atom stereocenters. The second kappa shape index (κ2) is 10.3. The molecular formula is C14H25N3O4. The summed E-state index contributed by atoms with van der Waals surface area (Å²) in [7, 11) is 1.59. The molecule has 0 spiro atoms. The zero-order valence-corrected chi connectivity index (χ0v) is 12.7. The van der Waals surface area contributed by atoms with Crippen molar-refractivity contribution in [1.82, 2.24) is 15.1 Å². The molecule has 2 amide bonds. The van der Waals surface area contributed by atoms with Crippen molar-refractivity contribution in [3.05, 3.63) is 12.7 Å². The normalized spacial score (nSPS) is 15.8. The second-order valence-electron chi connectivity index (χ2n) is 4.80. The molecule has 7 nitrogen and oxygen atoms in total. The molecular weight excluding hydrogens is 274 g/mol. The van der Waals surface area contributed by atoms with E-state index >= 15 is 0 Å². The van der Waals surface area contributed by atoms with E-state index in [9.17, 15) is 9.59 Å². The third-order valence-corrected chi connectivity index (χ3v) is 3.19. The van der Waals surface area contributed by atoms with E-state index in [4.69, 9.17) is 9.47 Å². The molecule has 1 aliphatic rings. The number of piperazine rings is 1. The topological polar surface area (TPSA) is 71.1 Å². The SMILES string of the molecule is C=CCNC(=O)CN1CCN(C(=O)COCCOC)CC1. The number of amides is 2. The molecule has 0 aromatic carbocycles. The number of methoxy groups -OCH3 is 1. The van der Waals surface area contributed by atoms with E-state index in [-0.39, 0.29) is 18.4 Å². The number of hydrogen-bond acceptors (Lipinski definition) is 5. The molecule has 1 heterocycles. The molecule has 7 heteroatoms. The van der Waals surface area contributed by atoms with Crippen molar-refractivity contribution < 1.29 is 19.1 Å². The van der Waals surface area contributed by atoms with Gasteiger partial charge in [-0.25, -0.2) is 0 Å². The van der Waals surface area contributed by atoms with Gasteiger partial charge in [-0.2, -0.15) is 0 Å². The van der Waals surface area contributed by atoms with Crippen LogP contribution in [0.1, 0.15) is 0 Å². The van der Waals surface area contributed by atoms with Crippen LogP contribution in [0.2, 0.25) is 0 Å². The molecule has 1 saturated heterocycles. The van der Waals surface area contributed by atoms with Crippen LogP contribution in [0, 0.1) is 0 Å². The first-order chi connectivity index (χ1) is 10.2. The summed E-state index contributed by atoms with van der Waals surface area (Å²) < 4.78 is 10.1. The minimum Gasteiger partial charge on any atom is -0.382 e. The molecule has 1 fully saturated rings. The van der Waals surface area contributed by atoms with Crippen LogP contribution in [0.25, 0.3) is 0 Å². The van der Waals surface area contributed by atoms with Crippen molar-refractivity contribution in [1.29, 1.82) is 0 Å². The lowest BCUT2D eigenvalue weighted by molar-refractivity contribution is -0.138. The predicted octanol–water partition coefficient (Wildman–Crippen LogP) is -0.904. The Morgan fingerprint density at radius 1 is 1.24 bits per heavy atom. The quantitative estimate of drug-likeness (QED) is 0.441. The van der Waals surface area contributed by atoms with Crippen molar-refractivity contribution in [2.75, 3.05) is 66.2 Å². The van der Waals surface area contributed by atoms with Gasteiger partial charge in [0.25, 0.3) is 0 Å². The van der Waals surface area contributed by atoms with Gasteiger partial charge >= 0.3 is 0 Å². The first-order valence-electron chi connectivity index (χ1n) is 7.11. The summed E-state index contributed by atoms with van der Waals surface area (Å²) in [5.41, 5.74) is 0. The Hall–Kier alpha value is -1.44. The third-order valence-electron chi connectivity index (χ3n) is 3.19. The van der Waals surface area contributed by atoms with E-state index in [0.717, 1.165) is 0 Å². The highest BCUT2D eigenvalue weighted by Gasteiger charge is 2.22. The Morgan fingerprint density at radius 3 is 2.57 bits per heavy atom. The zero-order valence-electron chi connectivity index (χ0n) is 12.7. The van der Waals surface area contributed by atoms with Gasteiger partial charge in [0.05, 0.1) is 19.8 Å². The Balaban J connectivity index is 2.17. The van der Waals surface area contributed by atoms with Crippen LogP contribution >= 0.6 is 0 Å². The van der Waals surface area contributed by atoms with Crippen LogP contribution in [0.5, 0.6) is 0 Å². The number of carbonyl (C=O) groups excluding carboxylic acids is 2. The zero-order chi connectivity index (χ0) is 15.5. The fraction of sp³-hybridized carbons (Fsp3) is 0.714. The summed E-state index contributed by atoms with van der Waals surface area (Å²) >= 11 is 0. The summed E-state index contributed by atoms with van der Waals surface area (Å²) in [4.78, 5) is 27.3. The van der Waals surface area contributed by atoms with Gasteiger partial charge in [0.1, 0.15) is 6.61 Å². The van der Waals surface area contributed by atoms with E-state index in [0.29, 0.717) is 52.5 Å². The van der Waals surface area contributed by atoms with Gasteiger partial charge in [-0.05, 0) is 0 Å². The highest BCUT2D eigenvalue weighted by atomic mass is 16.5. The first-order valence-corrected chi connectivity index (χ1v) is 7.11. The Kier molecular flexibility index (Phi) is 8.65. The molecule has 1 N–H and O–H groups in total. The van der Waals surface area contributed by atoms with Gasteiger partial charge in [-0.15, -0.1) is 6.58 Å². The number of nitrogens with one attached hydrogen (secondary N) is 1. The van der Waals surface area contributed by atoms with Crippen LogP contribution in [-0.2, 0) is 19.1 Å². The Morgan fingerprint density at radius 2 is 1.95 bits per heavy atom. The molecule has 0 unspecified atom stereocenters.